The molecule has 0 aliphatic rings. The van der Waals surface area contributed by atoms with Crippen molar-refractivity contribution in [3.63, 3.8) is 0 Å². The highest BCUT2D eigenvalue weighted by Gasteiger charge is 2.21. The van der Waals surface area contributed by atoms with Crippen molar-refractivity contribution in [3.05, 3.63) is 71.5 Å². The summed E-state index contributed by atoms with van der Waals surface area (Å²) >= 11 is 0. The monoisotopic (exact) mass is 382 g/mol. The van der Waals surface area contributed by atoms with Crippen molar-refractivity contribution >= 4 is 5.91 Å². The normalized spacial score (nSPS) is 10.9. The molecule has 28 heavy (non-hydrogen) atoms. The van der Waals surface area contributed by atoms with Gasteiger partial charge in [0.1, 0.15) is 11.6 Å². The number of halogens is 1. The summed E-state index contributed by atoms with van der Waals surface area (Å²) < 4.78 is 20.3. The quantitative estimate of drug-likeness (QED) is 0.583. The maximum Gasteiger partial charge on any atom is 0.246 e. The Bertz CT molecular complexity index is 989. The van der Waals surface area contributed by atoms with Gasteiger partial charge in [0.15, 0.2) is 0 Å². The van der Waals surface area contributed by atoms with Gasteiger partial charge in [-0.3, -0.25) is 9.48 Å². The second-order valence-corrected chi connectivity index (χ2v) is 6.60. The molecule has 0 atom stereocenters. The van der Waals surface area contributed by atoms with E-state index in [1.807, 2.05) is 27.1 Å². The van der Waals surface area contributed by atoms with Gasteiger partial charge in [0.2, 0.25) is 5.91 Å². The van der Waals surface area contributed by atoms with Gasteiger partial charge < -0.3 is 9.42 Å². The fourth-order valence-corrected chi connectivity index (χ4v) is 3.16. The van der Waals surface area contributed by atoms with Crippen molar-refractivity contribution < 1.29 is 13.7 Å². The molecule has 0 radical (unpaired) electrons. The van der Waals surface area contributed by atoms with E-state index in [0.29, 0.717) is 24.5 Å². The molecule has 6 nitrogen and oxygen atoms in total. The van der Waals surface area contributed by atoms with Gasteiger partial charge in [-0.15, -0.1) is 0 Å². The van der Waals surface area contributed by atoms with E-state index in [1.54, 1.807) is 21.7 Å². The number of aromatic nitrogens is 3. The Morgan fingerprint density at radius 2 is 2.04 bits per heavy atom. The van der Waals surface area contributed by atoms with Gasteiger partial charge in [-0.05, 0) is 43.7 Å². The van der Waals surface area contributed by atoms with E-state index in [0.717, 1.165) is 28.8 Å². The Morgan fingerprint density at radius 3 is 2.68 bits per heavy atom. The zero-order chi connectivity index (χ0) is 20.3. The van der Waals surface area contributed by atoms with E-state index in [4.69, 9.17) is 4.52 Å². The van der Waals surface area contributed by atoms with Crippen molar-refractivity contribution in [2.24, 2.45) is 7.05 Å². The molecule has 7 heteroatoms. The summed E-state index contributed by atoms with van der Waals surface area (Å²) in [6, 6.07) is 6.16. The van der Waals surface area contributed by atoms with Crippen molar-refractivity contribution in [2.75, 3.05) is 0 Å². The molecule has 2 aromatic heterocycles. The van der Waals surface area contributed by atoms with Gasteiger partial charge in [-0.25, -0.2) is 4.39 Å². The van der Waals surface area contributed by atoms with Gasteiger partial charge in [0.25, 0.3) is 0 Å². The number of rotatable bonds is 7. The standard InChI is InChI=1S/C21H23FN4O2/c1-5-19-18(14(3)28-24-19)13-26(20(27)6-2)12-16-11-25(4)23-21(16)15-7-9-17(22)10-8-15/h6-11H,2,5,12-13H2,1,3-4H3. The smallest absolute Gasteiger partial charge is 0.246 e. The third-order valence-electron chi connectivity index (χ3n) is 4.62. The number of amides is 1. The Hall–Kier alpha value is -3.22. The van der Waals surface area contributed by atoms with Crippen LogP contribution in [0.25, 0.3) is 11.3 Å². The number of carbonyl (C=O) groups is 1. The second-order valence-electron chi connectivity index (χ2n) is 6.60. The summed E-state index contributed by atoms with van der Waals surface area (Å²) in [5.74, 6) is 0.194. The number of hydrogen-bond donors (Lipinski definition) is 0. The molecule has 146 valence electrons. The minimum atomic E-state index is -0.306. The average Bonchev–Trinajstić information content (AvgIpc) is 3.23. The molecule has 0 saturated heterocycles. The van der Waals surface area contributed by atoms with E-state index in [9.17, 15) is 9.18 Å². The highest BCUT2D eigenvalue weighted by atomic mass is 19.1. The first kappa shape index (κ1) is 19.5. The summed E-state index contributed by atoms with van der Waals surface area (Å²) in [4.78, 5) is 14.2. The SMILES string of the molecule is C=CC(=O)N(Cc1cn(C)nc1-c1ccc(F)cc1)Cc1c(CC)noc1C. The van der Waals surface area contributed by atoms with Gasteiger partial charge in [-0.2, -0.15) is 5.10 Å². The van der Waals surface area contributed by atoms with Crippen molar-refractivity contribution in [2.45, 2.75) is 33.4 Å². The lowest BCUT2D eigenvalue weighted by atomic mass is 10.1. The molecular formula is C21H23FN4O2. The largest absolute Gasteiger partial charge is 0.361 e. The summed E-state index contributed by atoms with van der Waals surface area (Å²) in [5.41, 5.74) is 4.10. The molecule has 0 N–H and O–H groups in total. The molecule has 0 spiro atoms. The van der Waals surface area contributed by atoms with E-state index in [1.165, 1.54) is 18.2 Å². The lowest BCUT2D eigenvalue weighted by Gasteiger charge is -2.21. The third kappa shape index (κ3) is 4.03. The molecule has 0 aliphatic carbocycles. The molecule has 3 aromatic rings. The molecule has 3 rings (SSSR count). The van der Waals surface area contributed by atoms with Crippen molar-refractivity contribution in [1.29, 1.82) is 0 Å². The van der Waals surface area contributed by atoms with Gasteiger partial charge in [-0.1, -0.05) is 18.7 Å². The minimum Gasteiger partial charge on any atom is -0.361 e. The fraction of sp³-hybridized carbons (Fsp3) is 0.286. The number of carbonyl (C=O) groups excluding carboxylic acids is 1. The zero-order valence-corrected chi connectivity index (χ0v) is 16.3. The van der Waals surface area contributed by atoms with Crippen LogP contribution in [0.1, 0.15) is 29.5 Å². The van der Waals surface area contributed by atoms with E-state index < -0.39 is 0 Å². The molecule has 2 heterocycles. The third-order valence-corrected chi connectivity index (χ3v) is 4.62. The first-order chi connectivity index (χ1) is 13.4. The maximum atomic E-state index is 13.3. The van der Waals surface area contributed by atoms with E-state index >= 15 is 0 Å². The van der Waals surface area contributed by atoms with Crippen LogP contribution < -0.4 is 0 Å². The minimum absolute atomic E-state index is 0.198. The lowest BCUT2D eigenvalue weighted by Crippen LogP contribution is -2.29. The zero-order valence-electron chi connectivity index (χ0n) is 16.3. The highest BCUT2D eigenvalue weighted by molar-refractivity contribution is 5.87. The van der Waals surface area contributed by atoms with Crippen LogP contribution in [0.2, 0.25) is 0 Å². The van der Waals surface area contributed by atoms with Gasteiger partial charge in [0.05, 0.1) is 24.5 Å². The molecule has 0 unspecified atom stereocenters. The Balaban J connectivity index is 1.94. The molecule has 0 aliphatic heterocycles. The van der Waals surface area contributed by atoms with E-state index in [-0.39, 0.29) is 11.7 Å². The number of benzene rings is 1. The average molecular weight is 382 g/mol. The highest BCUT2D eigenvalue weighted by Crippen LogP contribution is 2.25. The predicted octanol–water partition coefficient (Wildman–Crippen LogP) is 3.80. The predicted molar refractivity (Wildman–Crippen MR) is 104 cm³/mol. The van der Waals surface area contributed by atoms with Crippen LogP contribution in [0.3, 0.4) is 0 Å². The first-order valence-electron chi connectivity index (χ1n) is 9.06. The Kier molecular flexibility index (Phi) is 5.73. The van der Waals surface area contributed by atoms with Gasteiger partial charge >= 0.3 is 0 Å². The summed E-state index contributed by atoms with van der Waals surface area (Å²) in [6.07, 6.45) is 3.88. The Morgan fingerprint density at radius 1 is 1.32 bits per heavy atom. The molecule has 0 bridgehead atoms. The molecular weight excluding hydrogens is 359 g/mol. The maximum absolute atomic E-state index is 13.3. The van der Waals surface area contributed by atoms with Crippen molar-refractivity contribution in [1.82, 2.24) is 19.8 Å². The van der Waals surface area contributed by atoms with Crippen LogP contribution in [-0.4, -0.2) is 25.7 Å². The fourth-order valence-electron chi connectivity index (χ4n) is 3.16. The summed E-state index contributed by atoms with van der Waals surface area (Å²) in [6.45, 7) is 8.15. The molecule has 0 saturated carbocycles. The molecule has 1 amide bonds. The van der Waals surface area contributed by atoms with Gasteiger partial charge in [0, 0.05) is 29.9 Å². The van der Waals surface area contributed by atoms with Crippen LogP contribution in [0.15, 0.2) is 47.6 Å². The van der Waals surface area contributed by atoms with Crippen LogP contribution in [0, 0.1) is 12.7 Å². The molecule has 0 fully saturated rings. The Labute approximate surface area is 163 Å². The first-order valence-corrected chi connectivity index (χ1v) is 9.06. The molecule has 1 aromatic carbocycles. The van der Waals surface area contributed by atoms with Crippen LogP contribution in [0.5, 0.6) is 0 Å². The lowest BCUT2D eigenvalue weighted by molar-refractivity contribution is -0.127. The number of hydrogen-bond acceptors (Lipinski definition) is 4. The topological polar surface area (TPSA) is 64.2 Å². The second kappa shape index (κ2) is 8.21. The van der Waals surface area contributed by atoms with Crippen LogP contribution in [0.4, 0.5) is 4.39 Å². The van der Waals surface area contributed by atoms with Crippen LogP contribution in [-0.2, 0) is 31.4 Å². The summed E-state index contributed by atoms with van der Waals surface area (Å²) in [7, 11) is 1.81. The van der Waals surface area contributed by atoms with Crippen molar-refractivity contribution in [3.8, 4) is 11.3 Å². The summed E-state index contributed by atoms with van der Waals surface area (Å²) in [5, 5.41) is 8.56. The van der Waals surface area contributed by atoms with E-state index in [2.05, 4.69) is 16.8 Å². The number of aryl methyl sites for hydroxylation is 3. The number of nitrogens with zero attached hydrogens (tertiary/aromatic N) is 4. The van der Waals surface area contributed by atoms with Crippen LogP contribution >= 0.6 is 0 Å².